The van der Waals surface area contributed by atoms with Crippen molar-refractivity contribution in [3.05, 3.63) is 29.3 Å². The molecular weight excluding hydrogens is 210 g/mol. The van der Waals surface area contributed by atoms with Crippen LogP contribution in [0.2, 0.25) is 0 Å². The van der Waals surface area contributed by atoms with E-state index in [-0.39, 0.29) is 5.54 Å². The number of ether oxygens (including phenoxy) is 1. The predicted octanol–water partition coefficient (Wildman–Crippen LogP) is 2.80. The topological polar surface area (TPSA) is 21.3 Å². The molecule has 2 nitrogen and oxygen atoms in total. The molecule has 1 aromatic rings. The zero-order chi connectivity index (χ0) is 12.5. The van der Waals surface area contributed by atoms with E-state index in [0.29, 0.717) is 5.92 Å². The molecule has 0 saturated carbocycles. The fourth-order valence-electron chi connectivity index (χ4n) is 2.78. The first-order valence-corrected chi connectivity index (χ1v) is 6.42. The summed E-state index contributed by atoms with van der Waals surface area (Å²) in [4.78, 5) is 0. The van der Waals surface area contributed by atoms with Gasteiger partial charge in [0.25, 0.3) is 0 Å². The molecule has 0 amide bonds. The molecule has 2 rings (SSSR count). The summed E-state index contributed by atoms with van der Waals surface area (Å²) >= 11 is 0. The molecule has 1 atom stereocenters. The van der Waals surface area contributed by atoms with Gasteiger partial charge in [0, 0.05) is 5.54 Å². The van der Waals surface area contributed by atoms with Crippen molar-refractivity contribution < 1.29 is 4.74 Å². The molecule has 0 aliphatic heterocycles. The maximum Gasteiger partial charge on any atom is 0.122 e. The first-order valence-electron chi connectivity index (χ1n) is 6.42. The summed E-state index contributed by atoms with van der Waals surface area (Å²) in [7, 11) is 3.82. The maximum atomic E-state index is 5.44. The lowest BCUT2D eigenvalue weighted by atomic mass is 9.74. The zero-order valence-corrected chi connectivity index (χ0v) is 11.3. The van der Waals surface area contributed by atoms with Gasteiger partial charge in [0.2, 0.25) is 0 Å². The standard InChI is InChI=1S/C15H23NO/c1-15(2,16-3)12-8-9-13-11(10-12)6-5-7-14(13)17-4/h5-7,12,16H,8-10H2,1-4H3. The van der Waals surface area contributed by atoms with Gasteiger partial charge in [-0.15, -0.1) is 0 Å². The highest BCUT2D eigenvalue weighted by Crippen LogP contribution is 2.36. The van der Waals surface area contributed by atoms with Crippen LogP contribution in [-0.4, -0.2) is 19.7 Å². The van der Waals surface area contributed by atoms with Gasteiger partial charge in [-0.25, -0.2) is 0 Å². The van der Waals surface area contributed by atoms with Crippen molar-refractivity contribution in [1.82, 2.24) is 5.32 Å². The van der Waals surface area contributed by atoms with Gasteiger partial charge in [-0.05, 0) is 63.3 Å². The van der Waals surface area contributed by atoms with Crippen LogP contribution < -0.4 is 10.1 Å². The highest BCUT2D eigenvalue weighted by molar-refractivity contribution is 5.42. The van der Waals surface area contributed by atoms with Crippen LogP contribution in [-0.2, 0) is 12.8 Å². The summed E-state index contributed by atoms with van der Waals surface area (Å²) in [6.07, 6.45) is 3.52. The van der Waals surface area contributed by atoms with Crippen LogP contribution in [0, 0.1) is 5.92 Å². The number of hydrogen-bond donors (Lipinski definition) is 1. The third-order valence-electron chi connectivity index (χ3n) is 4.32. The van der Waals surface area contributed by atoms with Gasteiger partial charge in [-0.2, -0.15) is 0 Å². The van der Waals surface area contributed by atoms with Crippen LogP contribution >= 0.6 is 0 Å². The Bertz CT molecular complexity index is 398. The summed E-state index contributed by atoms with van der Waals surface area (Å²) in [5, 5.41) is 3.44. The summed E-state index contributed by atoms with van der Waals surface area (Å²) in [5.74, 6) is 1.76. The highest BCUT2D eigenvalue weighted by Gasteiger charge is 2.31. The minimum absolute atomic E-state index is 0.209. The summed E-state index contributed by atoms with van der Waals surface area (Å²) in [5.41, 5.74) is 3.09. The molecule has 1 aliphatic rings. The number of methoxy groups -OCH3 is 1. The molecule has 1 aliphatic carbocycles. The van der Waals surface area contributed by atoms with E-state index in [4.69, 9.17) is 4.74 Å². The number of nitrogens with one attached hydrogen (secondary N) is 1. The van der Waals surface area contributed by atoms with Crippen LogP contribution in [0.3, 0.4) is 0 Å². The first kappa shape index (κ1) is 12.4. The Kier molecular flexibility index (Phi) is 3.43. The number of rotatable bonds is 3. The van der Waals surface area contributed by atoms with Crippen molar-refractivity contribution in [2.24, 2.45) is 5.92 Å². The minimum Gasteiger partial charge on any atom is -0.496 e. The summed E-state index contributed by atoms with van der Waals surface area (Å²) in [6.45, 7) is 4.59. The molecule has 1 N–H and O–H groups in total. The van der Waals surface area contributed by atoms with Crippen LogP contribution in [0.25, 0.3) is 0 Å². The molecule has 0 saturated heterocycles. The van der Waals surface area contributed by atoms with Crippen LogP contribution in [0.5, 0.6) is 5.75 Å². The van der Waals surface area contributed by atoms with E-state index in [1.807, 2.05) is 0 Å². The van der Waals surface area contributed by atoms with Gasteiger partial charge in [-0.1, -0.05) is 12.1 Å². The Morgan fingerprint density at radius 3 is 2.76 bits per heavy atom. The van der Waals surface area contributed by atoms with E-state index in [0.717, 1.165) is 18.6 Å². The van der Waals surface area contributed by atoms with Crippen LogP contribution in [0.15, 0.2) is 18.2 Å². The summed E-state index contributed by atoms with van der Waals surface area (Å²) in [6, 6.07) is 6.42. The Balaban J connectivity index is 2.25. The molecule has 0 fully saturated rings. The minimum atomic E-state index is 0.209. The quantitative estimate of drug-likeness (QED) is 0.867. The molecule has 0 radical (unpaired) electrons. The lowest BCUT2D eigenvalue weighted by Crippen LogP contribution is -2.46. The molecule has 0 spiro atoms. The molecule has 0 heterocycles. The van der Waals surface area contributed by atoms with E-state index in [2.05, 4.69) is 44.4 Å². The van der Waals surface area contributed by atoms with E-state index in [1.54, 1.807) is 7.11 Å². The van der Waals surface area contributed by atoms with Gasteiger partial charge in [0.1, 0.15) is 5.75 Å². The third kappa shape index (κ3) is 2.32. The fourth-order valence-corrected chi connectivity index (χ4v) is 2.78. The second-order valence-corrected chi connectivity index (χ2v) is 5.51. The molecule has 1 aromatic carbocycles. The second-order valence-electron chi connectivity index (χ2n) is 5.51. The predicted molar refractivity (Wildman–Crippen MR) is 71.6 cm³/mol. The van der Waals surface area contributed by atoms with Crippen molar-refractivity contribution in [2.45, 2.75) is 38.6 Å². The highest BCUT2D eigenvalue weighted by atomic mass is 16.5. The van der Waals surface area contributed by atoms with Crippen molar-refractivity contribution in [2.75, 3.05) is 14.2 Å². The molecule has 0 bridgehead atoms. The van der Waals surface area contributed by atoms with Gasteiger partial charge < -0.3 is 10.1 Å². The third-order valence-corrected chi connectivity index (χ3v) is 4.32. The average Bonchev–Trinajstić information content (AvgIpc) is 2.37. The number of benzene rings is 1. The van der Waals surface area contributed by atoms with Crippen molar-refractivity contribution >= 4 is 0 Å². The zero-order valence-electron chi connectivity index (χ0n) is 11.3. The average molecular weight is 233 g/mol. The van der Waals surface area contributed by atoms with E-state index in [9.17, 15) is 0 Å². The first-order chi connectivity index (χ1) is 8.08. The van der Waals surface area contributed by atoms with E-state index in [1.165, 1.54) is 17.5 Å². The van der Waals surface area contributed by atoms with Crippen molar-refractivity contribution in [3.8, 4) is 5.75 Å². The lowest BCUT2D eigenvalue weighted by Gasteiger charge is -2.38. The number of fused-ring (bicyclic) bond motifs is 1. The Morgan fingerprint density at radius 1 is 1.35 bits per heavy atom. The maximum absolute atomic E-state index is 5.44. The molecule has 2 heteroatoms. The molecule has 1 unspecified atom stereocenters. The van der Waals surface area contributed by atoms with E-state index < -0.39 is 0 Å². The lowest BCUT2D eigenvalue weighted by molar-refractivity contribution is 0.242. The van der Waals surface area contributed by atoms with Gasteiger partial charge in [0.15, 0.2) is 0 Å². The Hall–Kier alpha value is -1.02. The SMILES string of the molecule is CNC(C)(C)C1CCc2c(cccc2OC)C1. The molecule has 0 aromatic heterocycles. The monoisotopic (exact) mass is 233 g/mol. The van der Waals surface area contributed by atoms with Crippen molar-refractivity contribution in [3.63, 3.8) is 0 Å². The molecule has 17 heavy (non-hydrogen) atoms. The molecular formula is C15H23NO. The normalized spacial score (nSPS) is 19.9. The van der Waals surface area contributed by atoms with Gasteiger partial charge in [0.05, 0.1) is 7.11 Å². The largest absolute Gasteiger partial charge is 0.496 e. The fraction of sp³-hybridized carbons (Fsp3) is 0.600. The van der Waals surface area contributed by atoms with E-state index >= 15 is 0 Å². The van der Waals surface area contributed by atoms with Gasteiger partial charge in [-0.3, -0.25) is 0 Å². The Morgan fingerprint density at radius 2 is 2.12 bits per heavy atom. The number of hydrogen-bond acceptors (Lipinski definition) is 2. The summed E-state index contributed by atoms with van der Waals surface area (Å²) < 4.78 is 5.44. The second kappa shape index (κ2) is 4.69. The van der Waals surface area contributed by atoms with Crippen LogP contribution in [0.4, 0.5) is 0 Å². The van der Waals surface area contributed by atoms with Gasteiger partial charge >= 0.3 is 0 Å². The smallest absolute Gasteiger partial charge is 0.122 e. The molecule has 94 valence electrons. The van der Waals surface area contributed by atoms with Crippen molar-refractivity contribution in [1.29, 1.82) is 0 Å². The Labute approximate surface area is 104 Å². The van der Waals surface area contributed by atoms with Crippen LogP contribution in [0.1, 0.15) is 31.4 Å².